The Morgan fingerprint density at radius 3 is 2.63 bits per heavy atom. The summed E-state index contributed by atoms with van der Waals surface area (Å²) < 4.78 is 6.12. The van der Waals surface area contributed by atoms with Crippen LogP contribution in [0.5, 0.6) is 5.75 Å². The normalized spacial score (nSPS) is 12.4. The van der Waals surface area contributed by atoms with Crippen LogP contribution in [0, 0.1) is 5.92 Å². The molecule has 0 aliphatic carbocycles. The van der Waals surface area contributed by atoms with Crippen LogP contribution in [0.4, 0.5) is 0 Å². The summed E-state index contributed by atoms with van der Waals surface area (Å²) in [5.41, 5.74) is 1.21. The first-order valence-electron chi connectivity index (χ1n) is 7.23. The molecule has 0 fully saturated rings. The Balaban J connectivity index is 2.57. The molecule has 0 saturated carbocycles. The van der Waals surface area contributed by atoms with Crippen molar-refractivity contribution in [1.29, 1.82) is 0 Å². The number of allylic oxidation sites excluding steroid dienone is 1. The van der Waals surface area contributed by atoms with Crippen molar-refractivity contribution in [3.8, 4) is 5.75 Å². The third-order valence-electron chi connectivity index (χ3n) is 3.01. The highest BCUT2D eigenvalue weighted by atomic mass is 16.5. The van der Waals surface area contributed by atoms with Crippen molar-refractivity contribution in [2.24, 2.45) is 5.92 Å². The average molecular weight is 261 g/mol. The van der Waals surface area contributed by atoms with Crippen LogP contribution in [0.2, 0.25) is 0 Å². The first kappa shape index (κ1) is 15.8. The van der Waals surface area contributed by atoms with Crippen LogP contribution in [0.1, 0.15) is 32.8 Å². The summed E-state index contributed by atoms with van der Waals surface area (Å²) in [6, 6.07) is 8.22. The van der Waals surface area contributed by atoms with Crippen LogP contribution in [-0.2, 0) is 6.42 Å². The molecule has 19 heavy (non-hydrogen) atoms. The molecule has 2 heteroatoms. The smallest absolute Gasteiger partial charge is 0.123 e. The standard InChI is InChI=1S/C17H27NO/c1-5-9-15-10-7-8-11-17(15)19-16(6-2)13-18-12-14(3)4/h5,7-8,10-11,14,16,18H,1,6,9,12-13H2,2-4H3. The number of benzene rings is 1. The SMILES string of the molecule is C=CCc1ccccc1OC(CC)CNCC(C)C. The molecular formula is C17H27NO. The van der Waals surface area contributed by atoms with Crippen molar-refractivity contribution >= 4 is 0 Å². The zero-order valence-corrected chi connectivity index (χ0v) is 12.5. The Morgan fingerprint density at radius 2 is 2.00 bits per heavy atom. The van der Waals surface area contributed by atoms with E-state index in [1.807, 2.05) is 24.3 Å². The van der Waals surface area contributed by atoms with Gasteiger partial charge in [0, 0.05) is 6.54 Å². The third kappa shape index (κ3) is 5.93. The van der Waals surface area contributed by atoms with Crippen molar-refractivity contribution in [1.82, 2.24) is 5.32 Å². The monoisotopic (exact) mass is 261 g/mol. The highest BCUT2D eigenvalue weighted by Gasteiger charge is 2.10. The van der Waals surface area contributed by atoms with E-state index in [4.69, 9.17) is 4.74 Å². The van der Waals surface area contributed by atoms with Gasteiger partial charge in [-0.2, -0.15) is 0 Å². The van der Waals surface area contributed by atoms with Gasteiger partial charge >= 0.3 is 0 Å². The molecule has 1 aromatic carbocycles. The van der Waals surface area contributed by atoms with Gasteiger partial charge in [0.25, 0.3) is 0 Å². The summed E-state index contributed by atoms with van der Waals surface area (Å²) in [4.78, 5) is 0. The summed E-state index contributed by atoms with van der Waals surface area (Å²) in [6.07, 6.45) is 4.00. The number of para-hydroxylation sites is 1. The van der Waals surface area contributed by atoms with E-state index in [9.17, 15) is 0 Å². The number of nitrogens with one attached hydrogen (secondary N) is 1. The quantitative estimate of drug-likeness (QED) is 0.682. The molecule has 0 aliphatic rings. The van der Waals surface area contributed by atoms with Gasteiger partial charge < -0.3 is 10.1 Å². The lowest BCUT2D eigenvalue weighted by atomic mass is 10.1. The zero-order valence-electron chi connectivity index (χ0n) is 12.5. The minimum Gasteiger partial charge on any atom is -0.489 e. The Bertz CT molecular complexity index is 373. The van der Waals surface area contributed by atoms with Gasteiger partial charge in [-0.05, 0) is 36.9 Å². The maximum Gasteiger partial charge on any atom is 0.123 e. The molecule has 1 N–H and O–H groups in total. The molecule has 1 atom stereocenters. The van der Waals surface area contributed by atoms with Gasteiger partial charge in [-0.15, -0.1) is 6.58 Å². The third-order valence-corrected chi connectivity index (χ3v) is 3.01. The average Bonchev–Trinajstić information content (AvgIpc) is 2.39. The van der Waals surface area contributed by atoms with Gasteiger partial charge in [0.05, 0.1) is 0 Å². The molecule has 1 aromatic rings. The predicted molar refractivity (Wildman–Crippen MR) is 82.8 cm³/mol. The van der Waals surface area contributed by atoms with Crippen molar-refractivity contribution in [3.63, 3.8) is 0 Å². The van der Waals surface area contributed by atoms with Crippen LogP contribution in [0.3, 0.4) is 0 Å². The molecule has 0 aromatic heterocycles. The molecule has 0 saturated heterocycles. The summed E-state index contributed by atoms with van der Waals surface area (Å²) >= 11 is 0. The maximum atomic E-state index is 6.12. The second-order valence-electron chi connectivity index (χ2n) is 5.30. The van der Waals surface area contributed by atoms with E-state index in [-0.39, 0.29) is 6.10 Å². The lowest BCUT2D eigenvalue weighted by Crippen LogP contribution is -2.33. The van der Waals surface area contributed by atoms with E-state index >= 15 is 0 Å². The van der Waals surface area contributed by atoms with Crippen LogP contribution >= 0.6 is 0 Å². The van der Waals surface area contributed by atoms with E-state index in [2.05, 4.69) is 38.7 Å². The summed E-state index contributed by atoms with van der Waals surface area (Å²) in [7, 11) is 0. The van der Waals surface area contributed by atoms with Gasteiger partial charge in [-0.3, -0.25) is 0 Å². The predicted octanol–water partition coefficient (Wildman–Crippen LogP) is 3.82. The molecule has 2 nitrogen and oxygen atoms in total. The van der Waals surface area contributed by atoms with Crippen LogP contribution in [-0.4, -0.2) is 19.2 Å². The molecule has 106 valence electrons. The van der Waals surface area contributed by atoms with E-state index in [1.54, 1.807) is 0 Å². The molecular weight excluding hydrogens is 234 g/mol. The minimum absolute atomic E-state index is 0.227. The second-order valence-corrected chi connectivity index (χ2v) is 5.30. The van der Waals surface area contributed by atoms with Crippen molar-refractivity contribution in [2.45, 2.75) is 39.7 Å². The Hall–Kier alpha value is -1.28. The van der Waals surface area contributed by atoms with Crippen molar-refractivity contribution in [2.75, 3.05) is 13.1 Å². The summed E-state index contributed by atoms with van der Waals surface area (Å²) in [5.74, 6) is 1.66. The van der Waals surface area contributed by atoms with Gasteiger partial charge in [0.1, 0.15) is 11.9 Å². The van der Waals surface area contributed by atoms with Gasteiger partial charge in [-0.25, -0.2) is 0 Å². The van der Waals surface area contributed by atoms with E-state index in [0.717, 1.165) is 31.7 Å². The number of ether oxygens (including phenoxy) is 1. The highest BCUT2D eigenvalue weighted by Crippen LogP contribution is 2.20. The first-order valence-corrected chi connectivity index (χ1v) is 7.23. The van der Waals surface area contributed by atoms with E-state index in [1.165, 1.54) is 5.56 Å². The fraction of sp³-hybridized carbons (Fsp3) is 0.529. The maximum absolute atomic E-state index is 6.12. The van der Waals surface area contributed by atoms with E-state index < -0.39 is 0 Å². The van der Waals surface area contributed by atoms with E-state index in [0.29, 0.717) is 5.92 Å². The first-order chi connectivity index (χ1) is 9.17. The minimum atomic E-state index is 0.227. The molecule has 0 heterocycles. The Morgan fingerprint density at radius 1 is 1.26 bits per heavy atom. The zero-order chi connectivity index (χ0) is 14.1. The van der Waals surface area contributed by atoms with Crippen LogP contribution in [0.15, 0.2) is 36.9 Å². The molecule has 1 rings (SSSR count). The highest BCUT2D eigenvalue weighted by molar-refractivity contribution is 5.34. The number of hydrogen-bond acceptors (Lipinski definition) is 2. The lowest BCUT2D eigenvalue weighted by molar-refractivity contribution is 0.190. The van der Waals surface area contributed by atoms with Crippen LogP contribution < -0.4 is 10.1 Å². The molecule has 0 radical (unpaired) electrons. The second kappa shape index (κ2) is 8.76. The van der Waals surface area contributed by atoms with Gasteiger partial charge in [0.2, 0.25) is 0 Å². The Kier molecular flexibility index (Phi) is 7.27. The van der Waals surface area contributed by atoms with Crippen molar-refractivity contribution in [3.05, 3.63) is 42.5 Å². The largest absolute Gasteiger partial charge is 0.489 e. The molecule has 0 amide bonds. The van der Waals surface area contributed by atoms with Crippen molar-refractivity contribution < 1.29 is 4.74 Å². The topological polar surface area (TPSA) is 21.3 Å². The van der Waals surface area contributed by atoms with Gasteiger partial charge in [-0.1, -0.05) is 45.0 Å². The number of hydrogen-bond donors (Lipinski definition) is 1. The summed E-state index contributed by atoms with van der Waals surface area (Å²) in [6.45, 7) is 12.3. The molecule has 1 unspecified atom stereocenters. The van der Waals surface area contributed by atoms with Gasteiger partial charge in [0.15, 0.2) is 0 Å². The fourth-order valence-electron chi connectivity index (χ4n) is 1.92. The van der Waals surface area contributed by atoms with Crippen LogP contribution in [0.25, 0.3) is 0 Å². The molecule has 0 aliphatic heterocycles. The molecule has 0 bridgehead atoms. The molecule has 0 spiro atoms. The Labute approximate surface area is 117 Å². The number of rotatable bonds is 9. The summed E-state index contributed by atoms with van der Waals surface area (Å²) in [5, 5.41) is 3.46. The lowest BCUT2D eigenvalue weighted by Gasteiger charge is -2.20. The fourth-order valence-corrected chi connectivity index (χ4v) is 1.92.